The molecule has 0 heterocycles. The molecule has 1 N–H and O–H groups in total. The first-order chi connectivity index (χ1) is 20.1. The number of nitrogens with one attached hydrogen (secondary N) is 1. The third kappa shape index (κ3) is 7.53. The number of hydrogen-bond acceptors (Lipinski definition) is 4. The van der Waals surface area contributed by atoms with Crippen LogP contribution in [0.2, 0.25) is 5.02 Å². The van der Waals surface area contributed by atoms with Gasteiger partial charge in [0.2, 0.25) is 11.8 Å². The van der Waals surface area contributed by atoms with E-state index in [4.69, 9.17) is 11.6 Å². The van der Waals surface area contributed by atoms with Gasteiger partial charge in [0.05, 0.1) is 10.6 Å². The predicted molar refractivity (Wildman–Crippen MR) is 168 cm³/mol. The summed E-state index contributed by atoms with van der Waals surface area (Å²) in [6.45, 7) is 5.37. The van der Waals surface area contributed by atoms with Crippen LogP contribution in [0, 0.1) is 13.8 Å². The molecule has 1 fully saturated rings. The Hall–Kier alpha value is -3.36. The Kier molecular flexibility index (Phi) is 10.7. The van der Waals surface area contributed by atoms with E-state index in [1.54, 1.807) is 17.0 Å². The standard InChI is InChI=1S/C33H40ClN3O4S/c1-4-30(33(39)35-28-15-6-5-7-16-28)36(22-26-14-10-8-12-24(26)2)32(38)23-37(31-17-11-9-13-25(31)3)42(40,41)29-20-18-27(34)19-21-29/h8-14,17-21,28,30H,4-7,15-16,22-23H2,1-3H3,(H,35,39)/t30-/m0/s1. The van der Waals surface area contributed by atoms with E-state index in [9.17, 15) is 18.0 Å². The SMILES string of the molecule is CC[C@@H](C(=O)NC1CCCCC1)N(Cc1ccccc1C)C(=O)CN(c1ccccc1C)S(=O)(=O)c1ccc(Cl)cc1. The lowest BCUT2D eigenvalue weighted by Gasteiger charge is -2.35. The largest absolute Gasteiger partial charge is 0.352 e. The molecule has 1 aliphatic carbocycles. The Bertz CT molecular complexity index is 1490. The van der Waals surface area contributed by atoms with Crippen molar-refractivity contribution in [3.63, 3.8) is 0 Å². The van der Waals surface area contributed by atoms with Crippen LogP contribution >= 0.6 is 11.6 Å². The second-order valence-corrected chi connectivity index (χ2v) is 13.3. The van der Waals surface area contributed by atoms with Crippen LogP contribution in [0.4, 0.5) is 5.69 Å². The van der Waals surface area contributed by atoms with Crippen LogP contribution in [0.5, 0.6) is 0 Å². The molecule has 0 radical (unpaired) electrons. The zero-order valence-electron chi connectivity index (χ0n) is 24.6. The van der Waals surface area contributed by atoms with Crippen molar-refractivity contribution < 1.29 is 18.0 Å². The molecular formula is C33H40ClN3O4S. The van der Waals surface area contributed by atoms with Gasteiger partial charge in [0.15, 0.2) is 0 Å². The minimum absolute atomic E-state index is 0.0236. The van der Waals surface area contributed by atoms with Gasteiger partial charge in [0.1, 0.15) is 12.6 Å². The number of para-hydroxylation sites is 1. The summed E-state index contributed by atoms with van der Waals surface area (Å²) >= 11 is 6.04. The summed E-state index contributed by atoms with van der Waals surface area (Å²) in [6, 6.07) is 20.0. The van der Waals surface area contributed by atoms with Gasteiger partial charge < -0.3 is 10.2 Å². The van der Waals surface area contributed by atoms with Gasteiger partial charge in [0, 0.05) is 17.6 Å². The van der Waals surface area contributed by atoms with Crippen molar-refractivity contribution in [3.8, 4) is 0 Å². The third-order valence-corrected chi connectivity index (χ3v) is 10.0. The lowest BCUT2D eigenvalue weighted by molar-refractivity contribution is -0.140. The first-order valence-electron chi connectivity index (χ1n) is 14.6. The van der Waals surface area contributed by atoms with Crippen LogP contribution in [-0.2, 0) is 26.2 Å². The number of benzene rings is 3. The lowest BCUT2D eigenvalue weighted by Crippen LogP contribution is -2.54. The second kappa shape index (κ2) is 14.2. The van der Waals surface area contributed by atoms with Gasteiger partial charge in [-0.2, -0.15) is 0 Å². The Morgan fingerprint density at radius 1 is 0.905 bits per heavy atom. The van der Waals surface area contributed by atoms with Crippen molar-refractivity contribution >= 4 is 39.1 Å². The molecule has 0 unspecified atom stereocenters. The molecule has 3 aromatic rings. The monoisotopic (exact) mass is 609 g/mol. The molecule has 7 nitrogen and oxygen atoms in total. The van der Waals surface area contributed by atoms with E-state index in [0.29, 0.717) is 22.7 Å². The van der Waals surface area contributed by atoms with Gasteiger partial charge in [-0.1, -0.05) is 80.3 Å². The van der Waals surface area contributed by atoms with Crippen LogP contribution in [0.15, 0.2) is 77.7 Å². The molecule has 4 rings (SSSR count). The number of nitrogens with zero attached hydrogens (tertiary/aromatic N) is 2. The number of amides is 2. The smallest absolute Gasteiger partial charge is 0.264 e. The van der Waals surface area contributed by atoms with Gasteiger partial charge in [-0.3, -0.25) is 13.9 Å². The van der Waals surface area contributed by atoms with E-state index in [-0.39, 0.29) is 23.4 Å². The highest BCUT2D eigenvalue weighted by Gasteiger charge is 2.35. The fraction of sp³-hybridized carbons (Fsp3) is 0.394. The summed E-state index contributed by atoms with van der Waals surface area (Å²) in [5, 5.41) is 3.59. The van der Waals surface area contributed by atoms with Crippen molar-refractivity contribution in [2.45, 2.75) is 82.8 Å². The van der Waals surface area contributed by atoms with Crippen molar-refractivity contribution in [1.29, 1.82) is 0 Å². The number of anilines is 1. The summed E-state index contributed by atoms with van der Waals surface area (Å²) in [5.74, 6) is -0.654. The zero-order chi connectivity index (χ0) is 30.3. The van der Waals surface area contributed by atoms with E-state index in [1.165, 1.54) is 24.3 Å². The maximum atomic E-state index is 14.3. The van der Waals surface area contributed by atoms with Crippen molar-refractivity contribution in [2.24, 2.45) is 0 Å². The summed E-state index contributed by atoms with van der Waals surface area (Å²) in [4.78, 5) is 29.5. The molecule has 0 aliphatic heterocycles. The van der Waals surface area contributed by atoms with E-state index in [2.05, 4.69) is 5.32 Å². The van der Waals surface area contributed by atoms with E-state index >= 15 is 0 Å². The van der Waals surface area contributed by atoms with Crippen LogP contribution in [0.3, 0.4) is 0 Å². The van der Waals surface area contributed by atoms with Gasteiger partial charge in [0.25, 0.3) is 10.0 Å². The number of hydrogen-bond donors (Lipinski definition) is 1. The summed E-state index contributed by atoms with van der Waals surface area (Å²) in [6.07, 6.45) is 5.55. The van der Waals surface area contributed by atoms with E-state index in [1.807, 2.05) is 57.2 Å². The maximum absolute atomic E-state index is 14.3. The van der Waals surface area contributed by atoms with Crippen LogP contribution in [-0.4, -0.2) is 43.8 Å². The fourth-order valence-electron chi connectivity index (χ4n) is 5.53. The molecular weight excluding hydrogens is 570 g/mol. The molecule has 0 aromatic heterocycles. The molecule has 2 amide bonds. The Morgan fingerprint density at radius 3 is 2.14 bits per heavy atom. The second-order valence-electron chi connectivity index (χ2n) is 11.0. The normalized spacial score (nSPS) is 14.7. The lowest BCUT2D eigenvalue weighted by atomic mass is 9.95. The highest BCUT2D eigenvalue weighted by Crippen LogP contribution is 2.28. The zero-order valence-corrected chi connectivity index (χ0v) is 26.1. The molecule has 42 heavy (non-hydrogen) atoms. The number of carbonyl (C=O) groups is 2. The third-order valence-electron chi connectivity index (χ3n) is 8.00. The first-order valence-corrected chi connectivity index (χ1v) is 16.4. The topological polar surface area (TPSA) is 86.8 Å². The number of halogens is 1. The minimum Gasteiger partial charge on any atom is -0.352 e. The molecule has 224 valence electrons. The first kappa shape index (κ1) is 31.6. The van der Waals surface area contributed by atoms with Crippen LogP contribution in [0.1, 0.15) is 62.1 Å². The number of aryl methyl sites for hydroxylation is 2. The minimum atomic E-state index is -4.15. The van der Waals surface area contributed by atoms with Gasteiger partial charge in [-0.05, 0) is 80.1 Å². The van der Waals surface area contributed by atoms with Crippen molar-refractivity contribution in [3.05, 3.63) is 94.5 Å². The van der Waals surface area contributed by atoms with Gasteiger partial charge in [-0.25, -0.2) is 8.42 Å². The van der Waals surface area contributed by atoms with Crippen LogP contribution < -0.4 is 9.62 Å². The predicted octanol–water partition coefficient (Wildman–Crippen LogP) is 6.41. The van der Waals surface area contributed by atoms with E-state index in [0.717, 1.165) is 47.5 Å². The Balaban J connectivity index is 1.72. The van der Waals surface area contributed by atoms with Gasteiger partial charge in [-0.15, -0.1) is 0 Å². The molecule has 1 aliphatic rings. The van der Waals surface area contributed by atoms with Crippen molar-refractivity contribution in [1.82, 2.24) is 10.2 Å². The fourth-order valence-corrected chi connectivity index (χ4v) is 7.13. The molecule has 0 saturated heterocycles. The summed E-state index contributed by atoms with van der Waals surface area (Å²) in [7, 11) is -4.15. The highest BCUT2D eigenvalue weighted by atomic mass is 35.5. The maximum Gasteiger partial charge on any atom is 0.264 e. The summed E-state index contributed by atoms with van der Waals surface area (Å²) < 4.78 is 29.2. The summed E-state index contributed by atoms with van der Waals surface area (Å²) in [5.41, 5.74) is 2.99. The molecule has 1 saturated carbocycles. The highest BCUT2D eigenvalue weighted by molar-refractivity contribution is 7.92. The molecule has 0 spiro atoms. The van der Waals surface area contributed by atoms with Crippen molar-refractivity contribution in [2.75, 3.05) is 10.8 Å². The van der Waals surface area contributed by atoms with Gasteiger partial charge >= 0.3 is 0 Å². The number of sulfonamides is 1. The van der Waals surface area contributed by atoms with Crippen LogP contribution in [0.25, 0.3) is 0 Å². The Labute approximate surface area is 254 Å². The molecule has 0 bridgehead atoms. The molecule has 3 aromatic carbocycles. The molecule has 9 heteroatoms. The average Bonchev–Trinajstić information content (AvgIpc) is 2.98. The molecule has 1 atom stereocenters. The average molecular weight is 610 g/mol. The number of carbonyl (C=O) groups excluding carboxylic acids is 2. The Morgan fingerprint density at radius 2 is 1.52 bits per heavy atom. The number of rotatable bonds is 11. The van der Waals surface area contributed by atoms with E-state index < -0.39 is 28.5 Å². The quantitative estimate of drug-likeness (QED) is 0.272.